The molecule has 55 heavy (non-hydrogen) atoms. The molecule has 1 unspecified atom stereocenters. The number of benzene rings is 6. The van der Waals surface area contributed by atoms with Gasteiger partial charge in [0.2, 0.25) is 0 Å². The second kappa shape index (κ2) is 13.4. The Balaban J connectivity index is 1.16. The van der Waals surface area contributed by atoms with Crippen LogP contribution in [0, 0.1) is 0 Å². The van der Waals surface area contributed by atoms with Gasteiger partial charge in [-0.3, -0.25) is 0 Å². The molecule has 6 aromatic carbocycles. The Morgan fingerprint density at radius 1 is 0.691 bits per heavy atom. The van der Waals surface area contributed by atoms with E-state index in [2.05, 4.69) is 170 Å². The first-order valence-electron chi connectivity index (χ1n) is 18.8. The van der Waals surface area contributed by atoms with E-state index in [1.165, 1.54) is 21.9 Å². The van der Waals surface area contributed by atoms with Crippen molar-refractivity contribution in [3.63, 3.8) is 0 Å². The molecule has 3 aromatic heterocycles. The highest BCUT2D eigenvalue weighted by atomic mass is 16.3. The second-order valence-corrected chi connectivity index (χ2v) is 14.1. The lowest BCUT2D eigenvalue weighted by Gasteiger charge is -2.15. The summed E-state index contributed by atoms with van der Waals surface area (Å²) in [4.78, 5) is 10.3. The Morgan fingerprint density at radius 3 is 2.24 bits per heavy atom. The lowest BCUT2D eigenvalue weighted by molar-refractivity contribution is 0.668. The van der Waals surface area contributed by atoms with Crippen molar-refractivity contribution < 1.29 is 4.42 Å². The molecule has 1 aliphatic carbocycles. The molecule has 0 spiro atoms. The van der Waals surface area contributed by atoms with E-state index in [1.54, 1.807) is 0 Å². The van der Waals surface area contributed by atoms with E-state index < -0.39 is 0 Å². The van der Waals surface area contributed by atoms with Gasteiger partial charge in [0.25, 0.3) is 0 Å². The molecule has 0 fully saturated rings. The van der Waals surface area contributed by atoms with Crippen molar-refractivity contribution >= 4 is 49.3 Å². The van der Waals surface area contributed by atoms with Gasteiger partial charge in [-0.25, -0.2) is 9.97 Å². The summed E-state index contributed by atoms with van der Waals surface area (Å²) < 4.78 is 9.06. The third-order valence-corrected chi connectivity index (χ3v) is 10.9. The van der Waals surface area contributed by atoms with Gasteiger partial charge in [-0.1, -0.05) is 128 Å². The quantitative estimate of drug-likeness (QED) is 0.155. The number of fused-ring (bicyclic) bond motifs is 6. The summed E-state index contributed by atoms with van der Waals surface area (Å²) >= 11 is 0. The number of hydrogen-bond donors (Lipinski definition) is 0. The van der Waals surface area contributed by atoms with Crippen LogP contribution in [0.5, 0.6) is 0 Å². The van der Waals surface area contributed by atoms with Crippen LogP contribution in [-0.2, 0) is 0 Å². The predicted molar refractivity (Wildman–Crippen MR) is 229 cm³/mol. The standard InChI is InChI=1S/C51H37N3O/c1-3-33(4-2)37-23-27-46-42(29-37)43-30-38(34-15-8-5-9-16-34)24-28-47(43)54(46)39-25-26-41-49(31-39)55-48-22-14-21-40(50(41)48)45-32-44(35-17-10-6-11-18-35)52-51(53-45)36-19-12-7-13-20-36/h3-17,19-32,35H,1,18H2,2H3/b33-4+. The summed E-state index contributed by atoms with van der Waals surface area (Å²) in [6.45, 7) is 6.14. The minimum atomic E-state index is 0.185. The molecule has 9 aromatic rings. The van der Waals surface area contributed by atoms with Gasteiger partial charge >= 0.3 is 0 Å². The van der Waals surface area contributed by atoms with Gasteiger partial charge in [-0.2, -0.15) is 0 Å². The van der Waals surface area contributed by atoms with Gasteiger partial charge in [0.1, 0.15) is 11.2 Å². The molecule has 10 rings (SSSR count). The zero-order valence-electron chi connectivity index (χ0n) is 30.5. The number of furan rings is 1. The Morgan fingerprint density at radius 2 is 1.47 bits per heavy atom. The average Bonchev–Trinajstić information content (AvgIpc) is 3.79. The van der Waals surface area contributed by atoms with E-state index in [0.717, 1.165) is 84.6 Å². The number of nitrogens with zero attached hydrogens (tertiary/aromatic N) is 3. The molecular formula is C51H37N3O. The first-order chi connectivity index (χ1) is 27.2. The summed E-state index contributed by atoms with van der Waals surface area (Å²) in [5.74, 6) is 0.909. The van der Waals surface area contributed by atoms with Crippen LogP contribution in [0.15, 0.2) is 187 Å². The topological polar surface area (TPSA) is 43.9 Å². The van der Waals surface area contributed by atoms with Crippen LogP contribution in [0.2, 0.25) is 0 Å². The van der Waals surface area contributed by atoms with Gasteiger partial charge in [0.05, 0.1) is 22.4 Å². The molecule has 0 amide bonds. The molecule has 0 saturated carbocycles. The van der Waals surface area contributed by atoms with Gasteiger partial charge in [-0.15, -0.1) is 0 Å². The van der Waals surface area contributed by atoms with Crippen molar-refractivity contribution in [3.8, 4) is 39.5 Å². The molecule has 1 aliphatic rings. The highest BCUT2D eigenvalue weighted by Gasteiger charge is 2.20. The lowest BCUT2D eigenvalue weighted by atomic mass is 9.95. The van der Waals surface area contributed by atoms with Gasteiger partial charge in [0, 0.05) is 50.3 Å². The van der Waals surface area contributed by atoms with Crippen molar-refractivity contribution in [3.05, 3.63) is 194 Å². The Bertz CT molecular complexity index is 3030. The lowest BCUT2D eigenvalue weighted by Crippen LogP contribution is -2.04. The minimum Gasteiger partial charge on any atom is -0.456 e. The Hall–Kier alpha value is -7.04. The van der Waals surface area contributed by atoms with Crippen LogP contribution in [0.25, 0.3) is 88.8 Å². The molecule has 4 heteroatoms. The highest BCUT2D eigenvalue weighted by molar-refractivity contribution is 6.14. The fourth-order valence-corrected chi connectivity index (χ4v) is 8.17. The van der Waals surface area contributed by atoms with Crippen LogP contribution >= 0.6 is 0 Å². The largest absolute Gasteiger partial charge is 0.456 e. The maximum Gasteiger partial charge on any atom is 0.160 e. The van der Waals surface area contributed by atoms with E-state index in [4.69, 9.17) is 14.4 Å². The fourth-order valence-electron chi connectivity index (χ4n) is 8.17. The monoisotopic (exact) mass is 707 g/mol. The van der Waals surface area contributed by atoms with E-state index in [9.17, 15) is 0 Å². The molecule has 0 radical (unpaired) electrons. The third-order valence-electron chi connectivity index (χ3n) is 10.9. The van der Waals surface area contributed by atoms with Crippen LogP contribution < -0.4 is 0 Å². The highest BCUT2D eigenvalue weighted by Crippen LogP contribution is 2.41. The van der Waals surface area contributed by atoms with Gasteiger partial charge in [0.15, 0.2) is 5.82 Å². The Kier molecular flexibility index (Phi) is 7.96. The van der Waals surface area contributed by atoms with Gasteiger partial charge < -0.3 is 8.98 Å². The fraction of sp³-hybridized carbons (Fsp3) is 0.0588. The SMILES string of the molecule is C=C/C(=C\C)c1ccc2c(c1)c1cc(-c3ccccc3)ccc1n2-c1ccc2c(c1)oc1cccc(-c3cc(C4C=CC=CC4)nc(-c4ccccc4)n3)c12. The van der Waals surface area contributed by atoms with E-state index in [1.807, 2.05) is 24.3 Å². The van der Waals surface area contributed by atoms with Crippen molar-refractivity contribution in [2.75, 3.05) is 0 Å². The van der Waals surface area contributed by atoms with Crippen LogP contribution in [-0.4, -0.2) is 14.5 Å². The number of allylic oxidation sites excluding steroid dienone is 7. The maximum atomic E-state index is 6.70. The maximum absolute atomic E-state index is 6.70. The summed E-state index contributed by atoms with van der Waals surface area (Å²) in [6, 6.07) is 49.4. The molecule has 0 aliphatic heterocycles. The number of aromatic nitrogens is 3. The molecular weight excluding hydrogens is 671 g/mol. The van der Waals surface area contributed by atoms with Crippen molar-refractivity contribution in [1.29, 1.82) is 0 Å². The molecule has 1 atom stereocenters. The molecule has 0 bridgehead atoms. The summed E-state index contributed by atoms with van der Waals surface area (Å²) in [7, 11) is 0. The third kappa shape index (κ3) is 5.62. The molecule has 262 valence electrons. The van der Waals surface area contributed by atoms with Gasteiger partial charge in [-0.05, 0) is 84.1 Å². The van der Waals surface area contributed by atoms with Crippen LogP contribution in [0.3, 0.4) is 0 Å². The van der Waals surface area contributed by atoms with Crippen LogP contribution in [0.1, 0.15) is 30.5 Å². The summed E-state index contributed by atoms with van der Waals surface area (Å²) in [5, 5.41) is 4.49. The first-order valence-corrected chi connectivity index (χ1v) is 18.8. The summed E-state index contributed by atoms with van der Waals surface area (Å²) in [5.41, 5.74) is 13.5. The molecule has 4 nitrogen and oxygen atoms in total. The molecule has 0 N–H and O–H groups in total. The number of hydrogen-bond acceptors (Lipinski definition) is 3. The summed E-state index contributed by atoms with van der Waals surface area (Å²) in [6.07, 6.45) is 13.6. The van der Waals surface area contributed by atoms with E-state index in [-0.39, 0.29) is 5.92 Å². The van der Waals surface area contributed by atoms with Crippen molar-refractivity contribution in [1.82, 2.24) is 14.5 Å². The minimum absolute atomic E-state index is 0.185. The van der Waals surface area contributed by atoms with E-state index in [0.29, 0.717) is 0 Å². The van der Waals surface area contributed by atoms with Crippen molar-refractivity contribution in [2.45, 2.75) is 19.3 Å². The predicted octanol–water partition coefficient (Wildman–Crippen LogP) is 13.7. The zero-order chi connectivity index (χ0) is 36.9. The van der Waals surface area contributed by atoms with Crippen molar-refractivity contribution in [2.24, 2.45) is 0 Å². The Labute approximate surface area is 319 Å². The molecule has 0 saturated heterocycles. The normalized spacial score (nSPS) is 14.4. The zero-order valence-corrected chi connectivity index (χ0v) is 30.5. The smallest absolute Gasteiger partial charge is 0.160 e. The van der Waals surface area contributed by atoms with Crippen LogP contribution in [0.4, 0.5) is 0 Å². The molecule has 3 heterocycles. The van der Waals surface area contributed by atoms with E-state index >= 15 is 0 Å². The first kappa shape index (κ1) is 32.6. The number of rotatable bonds is 7. The average molecular weight is 708 g/mol. The second-order valence-electron chi connectivity index (χ2n) is 14.1.